The number of nitrogens with one attached hydrogen (secondary N) is 1. The molecular weight excluding hydrogens is 434 g/mol. The second-order valence-corrected chi connectivity index (χ2v) is 8.45. The highest BCUT2D eigenvalue weighted by Gasteiger charge is 2.36. The molecule has 9 nitrogen and oxygen atoms in total. The quantitative estimate of drug-likeness (QED) is 0.367. The molecule has 32 heavy (non-hydrogen) atoms. The third kappa shape index (κ3) is 4.46. The molecule has 0 spiro atoms. The second kappa shape index (κ2) is 9.41. The van der Waals surface area contributed by atoms with E-state index in [-0.39, 0.29) is 40.6 Å². The van der Waals surface area contributed by atoms with Crippen LogP contribution in [0.5, 0.6) is 0 Å². The number of anilines is 1. The number of esters is 1. The molecule has 0 atom stereocenters. The summed E-state index contributed by atoms with van der Waals surface area (Å²) in [5, 5.41) is 2.72. The first-order valence-corrected chi connectivity index (χ1v) is 10.7. The normalized spacial score (nSPS) is 12.8. The molecule has 0 saturated heterocycles. The van der Waals surface area contributed by atoms with Crippen molar-refractivity contribution in [1.82, 2.24) is 9.80 Å². The second-order valence-electron chi connectivity index (χ2n) is 7.43. The summed E-state index contributed by atoms with van der Waals surface area (Å²) < 4.78 is 5.09. The minimum Gasteiger partial charge on any atom is -0.462 e. The maximum Gasteiger partial charge on any atom is 0.341 e. The molecule has 168 valence electrons. The van der Waals surface area contributed by atoms with Crippen LogP contribution in [0.3, 0.4) is 0 Å². The van der Waals surface area contributed by atoms with E-state index in [2.05, 4.69) is 5.32 Å². The summed E-state index contributed by atoms with van der Waals surface area (Å²) in [5.41, 5.74) is 0.980. The van der Waals surface area contributed by atoms with E-state index in [4.69, 9.17) is 4.74 Å². The SMILES string of the molecule is CCOC(=O)c1c(NC(=O)CN2C(=O)c3ccccc3C2=O)sc(C(=O)CN(C)C)c1C. The van der Waals surface area contributed by atoms with E-state index in [0.29, 0.717) is 10.4 Å². The number of carbonyl (C=O) groups is 5. The molecule has 1 aromatic carbocycles. The van der Waals surface area contributed by atoms with Gasteiger partial charge in [-0.25, -0.2) is 4.79 Å². The molecule has 10 heteroatoms. The van der Waals surface area contributed by atoms with E-state index in [1.54, 1.807) is 45.0 Å². The standard InChI is InChI=1S/C22H23N3O6S/c1-5-31-22(30)17-12(2)18(15(26)10-24(3)4)32-19(17)23-16(27)11-25-20(28)13-8-6-7-9-14(13)21(25)29/h6-9H,5,10-11H2,1-4H3,(H,23,27). The van der Waals surface area contributed by atoms with Crippen LogP contribution in [0.2, 0.25) is 0 Å². The number of rotatable bonds is 8. The number of ketones is 1. The van der Waals surface area contributed by atoms with E-state index < -0.39 is 30.2 Å². The maximum absolute atomic E-state index is 12.7. The number of carbonyl (C=O) groups excluding carboxylic acids is 5. The third-order valence-corrected chi connectivity index (χ3v) is 6.02. The van der Waals surface area contributed by atoms with Gasteiger partial charge in [-0.1, -0.05) is 12.1 Å². The summed E-state index contributed by atoms with van der Waals surface area (Å²) in [6, 6.07) is 6.33. The van der Waals surface area contributed by atoms with Gasteiger partial charge >= 0.3 is 5.97 Å². The average molecular weight is 458 g/mol. The maximum atomic E-state index is 12.7. The van der Waals surface area contributed by atoms with Crippen LogP contribution in [0.1, 0.15) is 53.2 Å². The first kappa shape index (κ1) is 23.3. The van der Waals surface area contributed by atoms with Gasteiger partial charge in [0.1, 0.15) is 11.5 Å². The predicted molar refractivity (Wildman–Crippen MR) is 118 cm³/mol. The van der Waals surface area contributed by atoms with Crippen molar-refractivity contribution in [3.05, 3.63) is 51.4 Å². The highest BCUT2D eigenvalue weighted by molar-refractivity contribution is 7.18. The fourth-order valence-electron chi connectivity index (χ4n) is 3.37. The molecule has 2 aromatic rings. The summed E-state index contributed by atoms with van der Waals surface area (Å²) in [7, 11) is 3.50. The highest BCUT2D eigenvalue weighted by atomic mass is 32.1. The van der Waals surface area contributed by atoms with Crippen molar-refractivity contribution in [3.63, 3.8) is 0 Å². The van der Waals surface area contributed by atoms with Gasteiger partial charge in [-0.2, -0.15) is 0 Å². The van der Waals surface area contributed by atoms with Crippen LogP contribution >= 0.6 is 11.3 Å². The molecule has 0 unspecified atom stereocenters. The molecule has 1 aromatic heterocycles. The number of imide groups is 1. The van der Waals surface area contributed by atoms with Crippen LogP contribution in [0.4, 0.5) is 5.00 Å². The Bertz CT molecular complexity index is 1090. The Morgan fingerprint density at radius 1 is 1.09 bits per heavy atom. The molecule has 0 aliphatic carbocycles. The van der Waals surface area contributed by atoms with Crippen molar-refractivity contribution in [1.29, 1.82) is 0 Å². The number of amides is 3. The Morgan fingerprint density at radius 2 is 1.69 bits per heavy atom. The van der Waals surface area contributed by atoms with E-state index >= 15 is 0 Å². The van der Waals surface area contributed by atoms with Gasteiger partial charge in [-0.05, 0) is 45.6 Å². The molecule has 3 rings (SSSR count). The molecular formula is C22H23N3O6S. The lowest BCUT2D eigenvalue weighted by Gasteiger charge is -2.13. The number of likely N-dealkylation sites (N-methyl/N-ethyl adjacent to an activating group) is 1. The third-order valence-electron chi connectivity index (χ3n) is 4.77. The Balaban J connectivity index is 1.85. The van der Waals surface area contributed by atoms with Crippen LogP contribution in [-0.2, 0) is 9.53 Å². The van der Waals surface area contributed by atoms with Crippen LogP contribution in [0, 0.1) is 6.92 Å². The molecule has 0 bridgehead atoms. The predicted octanol–water partition coefficient (Wildman–Crippen LogP) is 2.21. The van der Waals surface area contributed by atoms with Gasteiger partial charge in [0.15, 0.2) is 5.78 Å². The zero-order valence-corrected chi connectivity index (χ0v) is 19.0. The largest absolute Gasteiger partial charge is 0.462 e. The van der Waals surface area contributed by atoms with Gasteiger partial charge < -0.3 is 15.0 Å². The van der Waals surface area contributed by atoms with Crippen molar-refractivity contribution in [2.75, 3.05) is 39.1 Å². The van der Waals surface area contributed by atoms with E-state index in [1.807, 2.05) is 0 Å². The van der Waals surface area contributed by atoms with Crippen molar-refractivity contribution in [2.45, 2.75) is 13.8 Å². The first-order valence-electron chi connectivity index (χ1n) is 9.89. The lowest BCUT2D eigenvalue weighted by Crippen LogP contribution is -2.37. The lowest BCUT2D eigenvalue weighted by atomic mass is 10.1. The molecule has 0 fully saturated rings. The molecule has 3 amide bonds. The zero-order chi connectivity index (χ0) is 23.6. The van der Waals surface area contributed by atoms with Gasteiger partial charge in [0.05, 0.1) is 34.7 Å². The molecule has 1 aliphatic heterocycles. The Morgan fingerprint density at radius 3 is 2.22 bits per heavy atom. The van der Waals surface area contributed by atoms with Crippen molar-refractivity contribution < 1.29 is 28.7 Å². The number of ether oxygens (including phenoxy) is 1. The fraction of sp³-hybridized carbons (Fsp3) is 0.318. The molecule has 0 radical (unpaired) electrons. The first-order chi connectivity index (χ1) is 15.1. The number of thiophene rings is 1. The molecule has 2 heterocycles. The minimum atomic E-state index is -0.669. The summed E-state index contributed by atoms with van der Waals surface area (Å²) in [4.78, 5) is 65.7. The molecule has 0 saturated carbocycles. The zero-order valence-electron chi connectivity index (χ0n) is 18.2. The Kier molecular flexibility index (Phi) is 6.85. The van der Waals surface area contributed by atoms with Crippen LogP contribution in [0.15, 0.2) is 24.3 Å². The van der Waals surface area contributed by atoms with Crippen molar-refractivity contribution in [2.24, 2.45) is 0 Å². The number of Topliss-reactive ketones (excluding diaryl/α,β-unsaturated/α-hetero) is 1. The van der Waals surface area contributed by atoms with Gasteiger partial charge in [-0.3, -0.25) is 24.1 Å². The van der Waals surface area contributed by atoms with Crippen LogP contribution in [-0.4, -0.2) is 73.1 Å². The summed E-state index contributed by atoms with van der Waals surface area (Å²) >= 11 is 0.968. The van der Waals surface area contributed by atoms with Gasteiger partial charge in [0.25, 0.3) is 11.8 Å². The van der Waals surface area contributed by atoms with Crippen molar-refractivity contribution >= 4 is 45.8 Å². The van der Waals surface area contributed by atoms with Crippen LogP contribution < -0.4 is 5.32 Å². The number of hydrogen-bond donors (Lipinski definition) is 1. The fourth-order valence-corrected chi connectivity index (χ4v) is 4.51. The monoisotopic (exact) mass is 457 g/mol. The smallest absolute Gasteiger partial charge is 0.341 e. The number of fused-ring (bicyclic) bond motifs is 1. The van der Waals surface area contributed by atoms with E-state index in [0.717, 1.165) is 16.2 Å². The topological polar surface area (TPSA) is 113 Å². The number of nitrogens with zero attached hydrogens (tertiary/aromatic N) is 2. The van der Waals surface area contributed by atoms with Gasteiger partial charge in [-0.15, -0.1) is 11.3 Å². The van der Waals surface area contributed by atoms with E-state index in [9.17, 15) is 24.0 Å². The minimum absolute atomic E-state index is 0.0923. The Labute approximate surface area is 188 Å². The number of hydrogen-bond acceptors (Lipinski definition) is 8. The van der Waals surface area contributed by atoms with Gasteiger partial charge in [0, 0.05) is 0 Å². The van der Waals surface area contributed by atoms with Crippen LogP contribution in [0.25, 0.3) is 0 Å². The molecule has 1 N–H and O–H groups in total. The Hall–Kier alpha value is -3.37. The number of benzene rings is 1. The summed E-state index contributed by atoms with van der Waals surface area (Å²) in [6.07, 6.45) is 0. The highest BCUT2D eigenvalue weighted by Crippen LogP contribution is 2.34. The van der Waals surface area contributed by atoms with Gasteiger partial charge in [0.2, 0.25) is 5.91 Å². The summed E-state index contributed by atoms with van der Waals surface area (Å²) in [6.45, 7) is 3.00. The molecule has 1 aliphatic rings. The lowest BCUT2D eigenvalue weighted by molar-refractivity contribution is -0.116. The van der Waals surface area contributed by atoms with E-state index in [1.165, 1.54) is 12.1 Å². The summed E-state index contributed by atoms with van der Waals surface area (Å²) in [5.74, 6) is -2.66. The van der Waals surface area contributed by atoms with Crippen molar-refractivity contribution in [3.8, 4) is 0 Å². The average Bonchev–Trinajstić information content (AvgIpc) is 3.17.